The molecule has 0 radical (unpaired) electrons. The quantitative estimate of drug-likeness (QED) is 0.769. The number of aromatic amines is 1. The highest BCUT2D eigenvalue weighted by atomic mass is 14.9. The van der Waals surface area contributed by atoms with Gasteiger partial charge in [0.1, 0.15) is 11.9 Å². The Kier molecular flexibility index (Phi) is 3.77. The van der Waals surface area contributed by atoms with Crippen molar-refractivity contribution in [3.63, 3.8) is 0 Å². The van der Waals surface area contributed by atoms with E-state index in [1.165, 1.54) is 0 Å². The molecule has 0 aliphatic carbocycles. The summed E-state index contributed by atoms with van der Waals surface area (Å²) in [6.45, 7) is 0.833. The van der Waals surface area contributed by atoms with Crippen molar-refractivity contribution in [2.45, 2.75) is 12.8 Å². The topological polar surface area (TPSA) is 64.5 Å². The average molecular weight is 226 g/mol. The molecule has 2 aromatic rings. The van der Waals surface area contributed by atoms with E-state index in [0.29, 0.717) is 5.56 Å². The maximum absolute atomic E-state index is 8.92. The zero-order valence-corrected chi connectivity index (χ0v) is 9.48. The minimum absolute atomic E-state index is 0.686. The molecule has 0 saturated carbocycles. The number of nitrogens with zero attached hydrogens (tertiary/aromatic N) is 2. The molecule has 0 bridgehead atoms. The number of hydrogen-bond donors (Lipinski definition) is 2. The van der Waals surface area contributed by atoms with Crippen LogP contribution in [0.25, 0.3) is 0 Å². The molecule has 2 N–H and O–H groups in total. The lowest BCUT2D eigenvalue weighted by atomic mass is 10.2. The van der Waals surface area contributed by atoms with E-state index in [9.17, 15) is 0 Å². The van der Waals surface area contributed by atoms with Gasteiger partial charge in [-0.3, -0.25) is 0 Å². The average Bonchev–Trinajstić information content (AvgIpc) is 2.88. The van der Waals surface area contributed by atoms with Crippen molar-refractivity contribution in [3.8, 4) is 6.07 Å². The SMILES string of the molecule is N#Cc1ccccc1NCCCc1ncc[nH]1. The Morgan fingerprint density at radius 1 is 1.35 bits per heavy atom. The van der Waals surface area contributed by atoms with Gasteiger partial charge in [-0.2, -0.15) is 5.26 Å². The zero-order valence-electron chi connectivity index (χ0n) is 9.48. The highest BCUT2D eigenvalue weighted by Gasteiger charge is 1.99. The van der Waals surface area contributed by atoms with Crippen molar-refractivity contribution < 1.29 is 0 Å². The van der Waals surface area contributed by atoms with Crippen molar-refractivity contribution in [2.75, 3.05) is 11.9 Å². The van der Waals surface area contributed by atoms with Crippen LogP contribution in [-0.4, -0.2) is 16.5 Å². The second kappa shape index (κ2) is 5.71. The van der Waals surface area contributed by atoms with Crippen LogP contribution < -0.4 is 5.32 Å². The van der Waals surface area contributed by atoms with Gasteiger partial charge in [0.2, 0.25) is 0 Å². The third kappa shape index (κ3) is 3.08. The van der Waals surface area contributed by atoms with Crippen LogP contribution in [0, 0.1) is 11.3 Å². The lowest BCUT2D eigenvalue weighted by Gasteiger charge is -2.06. The molecule has 2 rings (SSSR count). The standard InChI is InChI=1S/C13H14N4/c14-10-11-4-1-2-5-12(11)15-7-3-6-13-16-8-9-17-13/h1-2,4-5,8-9,15H,3,6-7H2,(H,16,17). The normalized spacial score (nSPS) is 9.82. The first-order chi connectivity index (χ1) is 8.40. The minimum atomic E-state index is 0.686. The third-order valence-electron chi connectivity index (χ3n) is 2.51. The number of H-pyrrole nitrogens is 1. The van der Waals surface area contributed by atoms with Crippen molar-refractivity contribution in [2.24, 2.45) is 0 Å². The van der Waals surface area contributed by atoms with Gasteiger partial charge in [0.25, 0.3) is 0 Å². The number of aryl methyl sites for hydroxylation is 1. The van der Waals surface area contributed by atoms with Gasteiger partial charge in [-0.1, -0.05) is 12.1 Å². The summed E-state index contributed by atoms with van der Waals surface area (Å²) in [6.07, 6.45) is 5.48. The fourth-order valence-corrected chi connectivity index (χ4v) is 1.65. The lowest BCUT2D eigenvalue weighted by Crippen LogP contribution is -2.04. The van der Waals surface area contributed by atoms with Crippen LogP contribution in [0.3, 0.4) is 0 Å². The monoisotopic (exact) mass is 226 g/mol. The molecule has 86 valence electrons. The summed E-state index contributed by atoms with van der Waals surface area (Å²) in [6, 6.07) is 9.70. The molecule has 0 spiro atoms. The molecule has 0 aliphatic heterocycles. The number of aromatic nitrogens is 2. The first-order valence-corrected chi connectivity index (χ1v) is 5.61. The predicted molar refractivity (Wildman–Crippen MR) is 66.6 cm³/mol. The Hall–Kier alpha value is -2.28. The highest BCUT2D eigenvalue weighted by Crippen LogP contribution is 2.13. The van der Waals surface area contributed by atoms with E-state index in [-0.39, 0.29) is 0 Å². The fraction of sp³-hybridized carbons (Fsp3) is 0.231. The Morgan fingerprint density at radius 2 is 2.24 bits per heavy atom. The summed E-state index contributed by atoms with van der Waals surface area (Å²) in [7, 11) is 0. The van der Waals surface area contributed by atoms with E-state index in [4.69, 9.17) is 5.26 Å². The van der Waals surface area contributed by atoms with Gasteiger partial charge in [0, 0.05) is 25.4 Å². The van der Waals surface area contributed by atoms with E-state index in [2.05, 4.69) is 21.4 Å². The van der Waals surface area contributed by atoms with Crippen LogP contribution in [0.15, 0.2) is 36.7 Å². The molecular formula is C13H14N4. The van der Waals surface area contributed by atoms with Crippen LogP contribution in [0.4, 0.5) is 5.69 Å². The van der Waals surface area contributed by atoms with Crippen LogP contribution in [0.1, 0.15) is 17.8 Å². The first kappa shape index (κ1) is 11.2. The highest BCUT2D eigenvalue weighted by molar-refractivity contribution is 5.56. The summed E-state index contributed by atoms with van der Waals surface area (Å²) >= 11 is 0. The number of anilines is 1. The van der Waals surface area contributed by atoms with Gasteiger partial charge in [-0.05, 0) is 18.6 Å². The summed E-state index contributed by atoms with van der Waals surface area (Å²) in [5, 5.41) is 12.2. The second-order valence-electron chi connectivity index (χ2n) is 3.72. The van der Waals surface area contributed by atoms with E-state index in [1.54, 1.807) is 6.20 Å². The van der Waals surface area contributed by atoms with Crippen LogP contribution in [0.5, 0.6) is 0 Å². The Balaban J connectivity index is 1.80. The number of rotatable bonds is 5. The minimum Gasteiger partial charge on any atom is -0.384 e. The largest absolute Gasteiger partial charge is 0.384 e. The molecule has 0 fully saturated rings. The van der Waals surface area contributed by atoms with Gasteiger partial charge < -0.3 is 10.3 Å². The van der Waals surface area contributed by atoms with E-state index in [1.807, 2.05) is 30.5 Å². The lowest BCUT2D eigenvalue weighted by molar-refractivity contribution is 0.816. The van der Waals surface area contributed by atoms with Crippen LogP contribution >= 0.6 is 0 Å². The molecule has 17 heavy (non-hydrogen) atoms. The zero-order chi connectivity index (χ0) is 11.9. The summed E-state index contributed by atoms with van der Waals surface area (Å²) in [5.41, 5.74) is 1.58. The molecule has 0 saturated heterocycles. The maximum Gasteiger partial charge on any atom is 0.106 e. The second-order valence-corrected chi connectivity index (χ2v) is 3.72. The van der Waals surface area contributed by atoms with Gasteiger partial charge >= 0.3 is 0 Å². The molecule has 1 aromatic carbocycles. The van der Waals surface area contributed by atoms with Gasteiger partial charge in [0.05, 0.1) is 11.3 Å². The predicted octanol–water partition coefficient (Wildman–Crippen LogP) is 2.33. The molecule has 4 heteroatoms. The molecule has 1 heterocycles. The maximum atomic E-state index is 8.92. The van der Waals surface area contributed by atoms with Gasteiger partial charge in [-0.25, -0.2) is 4.98 Å². The number of imidazole rings is 1. The molecular weight excluding hydrogens is 212 g/mol. The molecule has 1 aromatic heterocycles. The number of nitriles is 1. The first-order valence-electron chi connectivity index (χ1n) is 5.61. The number of benzene rings is 1. The van der Waals surface area contributed by atoms with Gasteiger partial charge in [0.15, 0.2) is 0 Å². The number of nitrogens with one attached hydrogen (secondary N) is 2. The smallest absolute Gasteiger partial charge is 0.106 e. The van der Waals surface area contributed by atoms with Crippen LogP contribution in [0.2, 0.25) is 0 Å². The summed E-state index contributed by atoms with van der Waals surface area (Å²) in [5.74, 6) is 1.00. The van der Waals surface area contributed by atoms with Crippen molar-refractivity contribution >= 4 is 5.69 Å². The number of hydrogen-bond acceptors (Lipinski definition) is 3. The van der Waals surface area contributed by atoms with Crippen molar-refractivity contribution in [1.82, 2.24) is 9.97 Å². The van der Waals surface area contributed by atoms with Crippen LogP contribution in [-0.2, 0) is 6.42 Å². The van der Waals surface area contributed by atoms with E-state index >= 15 is 0 Å². The Morgan fingerprint density at radius 3 is 3.00 bits per heavy atom. The van der Waals surface area contributed by atoms with Crippen molar-refractivity contribution in [1.29, 1.82) is 5.26 Å². The van der Waals surface area contributed by atoms with E-state index < -0.39 is 0 Å². The molecule has 4 nitrogen and oxygen atoms in total. The Bertz CT molecular complexity index is 496. The third-order valence-corrected chi connectivity index (χ3v) is 2.51. The molecule has 0 unspecified atom stereocenters. The number of para-hydroxylation sites is 1. The van der Waals surface area contributed by atoms with E-state index in [0.717, 1.165) is 30.9 Å². The fourth-order valence-electron chi connectivity index (χ4n) is 1.65. The Labute approximate surface area is 100 Å². The van der Waals surface area contributed by atoms with Crippen molar-refractivity contribution in [3.05, 3.63) is 48.0 Å². The molecule has 0 atom stereocenters. The molecule has 0 amide bonds. The van der Waals surface area contributed by atoms with Gasteiger partial charge in [-0.15, -0.1) is 0 Å². The summed E-state index contributed by atoms with van der Waals surface area (Å²) in [4.78, 5) is 7.23. The molecule has 0 aliphatic rings. The summed E-state index contributed by atoms with van der Waals surface area (Å²) < 4.78 is 0.